The molecule has 0 bridgehead atoms. The summed E-state index contributed by atoms with van der Waals surface area (Å²) in [5, 5.41) is 9.98. The summed E-state index contributed by atoms with van der Waals surface area (Å²) in [6.45, 7) is 2.97. The molecule has 0 aromatic heterocycles. The number of amides is 1. The molecule has 3 heteroatoms. The molecule has 0 saturated carbocycles. The highest BCUT2D eigenvalue weighted by Gasteiger charge is 2.42. The van der Waals surface area contributed by atoms with E-state index in [1.54, 1.807) is 17.0 Å². The molecule has 86 valence electrons. The largest absolute Gasteiger partial charge is 0.386 e. The molecule has 0 unspecified atom stereocenters. The van der Waals surface area contributed by atoms with Crippen molar-refractivity contribution >= 4 is 5.91 Å². The first-order valence-corrected chi connectivity index (χ1v) is 5.71. The monoisotopic (exact) mass is 219 g/mol. The zero-order chi connectivity index (χ0) is 11.6. The van der Waals surface area contributed by atoms with Gasteiger partial charge in [0.15, 0.2) is 0 Å². The molecule has 1 saturated heterocycles. The van der Waals surface area contributed by atoms with E-state index in [4.69, 9.17) is 0 Å². The Balaban J connectivity index is 1.96. The van der Waals surface area contributed by atoms with Gasteiger partial charge in [0.1, 0.15) is 0 Å². The summed E-state index contributed by atoms with van der Waals surface area (Å²) in [5.74, 6) is 0.0152. The van der Waals surface area contributed by atoms with Gasteiger partial charge in [-0.2, -0.15) is 0 Å². The molecule has 0 spiro atoms. The Morgan fingerprint density at radius 1 is 1.38 bits per heavy atom. The molecule has 16 heavy (non-hydrogen) atoms. The lowest BCUT2D eigenvalue weighted by Crippen LogP contribution is -2.63. The Labute approximate surface area is 95.7 Å². The number of carbonyl (C=O) groups excluding carboxylic acids is 1. The van der Waals surface area contributed by atoms with Gasteiger partial charge < -0.3 is 10.0 Å². The number of likely N-dealkylation sites (tertiary alicyclic amines) is 1. The van der Waals surface area contributed by atoms with Gasteiger partial charge in [-0.1, -0.05) is 31.5 Å². The molecule has 3 nitrogen and oxygen atoms in total. The van der Waals surface area contributed by atoms with Gasteiger partial charge in [-0.05, 0) is 18.6 Å². The standard InChI is InChI=1S/C13H17NO2/c1-2-8-13(16)9-14(10-13)12(15)11-6-4-3-5-7-11/h3-7,16H,2,8-10H2,1H3. The summed E-state index contributed by atoms with van der Waals surface area (Å²) in [7, 11) is 0. The molecule has 0 radical (unpaired) electrons. The summed E-state index contributed by atoms with van der Waals surface area (Å²) in [6, 6.07) is 9.20. The fourth-order valence-corrected chi connectivity index (χ4v) is 2.19. The number of carbonyl (C=O) groups is 1. The summed E-state index contributed by atoms with van der Waals surface area (Å²) in [5.41, 5.74) is 0.0557. The molecule has 1 fully saturated rings. The molecule has 1 heterocycles. The van der Waals surface area contributed by atoms with Crippen LogP contribution < -0.4 is 0 Å². The number of nitrogens with zero attached hydrogens (tertiary/aromatic N) is 1. The molecule has 0 aliphatic carbocycles. The third-order valence-electron chi connectivity index (χ3n) is 2.99. The van der Waals surface area contributed by atoms with E-state index in [0.29, 0.717) is 18.7 Å². The maximum Gasteiger partial charge on any atom is 0.254 e. The van der Waals surface area contributed by atoms with Crippen LogP contribution >= 0.6 is 0 Å². The molecule has 1 aliphatic rings. The maximum absolute atomic E-state index is 11.9. The van der Waals surface area contributed by atoms with E-state index in [0.717, 1.165) is 12.8 Å². The van der Waals surface area contributed by atoms with Crippen LogP contribution in [-0.4, -0.2) is 34.6 Å². The third kappa shape index (κ3) is 2.09. The maximum atomic E-state index is 11.9. The number of aliphatic hydroxyl groups is 1. The van der Waals surface area contributed by atoms with E-state index in [1.165, 1.54) is 0 Å². The molecular formula is C13H17NO2. The van der Waals surface area contributed by atoms with Crippen LogP contribution in [0.25, 0.3) is 0 Å². The van der Waals surface area contributed by atoms with E-state index in [9.17, 15) is 9.90 Å². The van der Waals surface area contributed by atoms with Gasteiger partial charge in [-0.25, -0.2) is 0 Å². The van der Waals surface area contributed by atoms with Gasteiger partial charge in [0.25, 0.3) is 5.91 Å². The first kappa shape index (κ1) is 11.1. The van der Waals surface area contributed by atoms with Crippen molar-refractivity contribution in [3.63, 3.8) is 0 Å². The lowest BCUT2D eigenvalue weighted by Gasteiger charge is -2.46. The van der Waals surface area contributed by atoms with Crippen molar-refractivity contribution in [1.82, 2.24) is 4.90 Å². The predicted octanol–water partition coefficient (Wildman–Crippen LogP) is 1.67. The molecule has 1 aromatic rings. The van der Waals surface area contributed by atoms with Crippen LogP contribution in [0.2, 0.25) is 0 Å². The normalized spacial score (nSPS) is 18.0. The molecule has 1 aromatic carbocycles. The summed E-state index contributed by atoms with van der Waals surface area (Å²) in [4.78, 5) is 13.6. The summed E-state index contributed by atoms with van der Waals surface area (Å²) in [6.07, 6.45) is 1.72. The molecule has 0 atom stereocenters. The van der Waals surface area contributed by atoms with Crippen LogP contribution in [0.3, 0.4) is 0 Å². The van der Waals surface area contributed by atoms with E-state index in [2.05, 4.69) is 0 Å². The van der Waals surface area contributed by atoms with Crippen LogP contribution in [-0.2, 0) is 0 Å². The Morgan fingerprint density at radius 2 is 2.00 bits per heavy atom. The van der Waals surface area contributed by atoms with Gasteiger partial charge in [-0.15, -0.1) is 0 Å². The average molecular weight is 219 g/mol. The van der Waals surface area contributed by atoms with Gasteiger partial charge in [0, 0.05) is 5.56 Å². The van der Waals surface area contributed by atoms with Gasteiger partial charge in [0.2, 0.25) is 0 Å². The van der Waals surface area contributed by atoms with Gasteiger partial charge in [-0.3, -0.25) is 4.79 Å². The Kier molecular flexibility index (Phi) is 2.97. The number of benzene rings is 1. The average Bonchev–Trinajstić information content (AvgIpc) is 2.26. The minimum absolute atomic E-state index is 0.0152. The number of rotatable bonds is 3. The minimum Gasteiger partial charge on any atom is -0.386 e. The molecule has 2 rings (SSSR count). The SMILES string of the molecule is CCCC1(O)CN(C(=O)c2ccccc2)C1. The quantitative estimate of drug-likeness (QED) is 0.840. The topological polar surface area (TPSA) is 40.5 Å². The highest BCUT2D eigenvalue weighted by molar-refractivity contribution is 5.94. The Morgan fingerprint density at radius 3 is 2.56 bits per heavy atom. The van der Waals surface area contributed by atoms with Gasteiger partial charge >= 0.3 is 0 Å². The smallest absolute Gasteiger partial charge is 0.254 e. The van der Waals surface area contributed by atoms with Crippen LogP contribution in [0.4, 0.5) is 0 Å². The number of hydrogen-bond donors (Lipinski definition) is 1. The third-order valence-corrected chi connectivity index (χ3v) is 2.99. The fourth-order valence-electron chi connectivity index (χ4n) is 2.19. The fraction of sp³-hybridized carbons (Fsp3) is 0.462. The number of hydrogen-bond acceptors (Lipinski definition) is 2. The second-order valence-corrected chi connectivity index (χ2v) is 4.50. The molecule has 1 amide bonds. The first-order chi connectivity index (χ1) is 7.64. The first-order valence-electron chi connectivity index (χ1n) is 5.71. The van der Waals surface area contributed by atoms with Crippen molar-refractivity contribution in [2.45, 2.75) is 25.4 Å². The van der Waals surface area contributed by atoms with Crippen molar-refractivity contribution in [3.8, 4) is 0 Å². The summed E-state index contributed by atoms with van der Waals surface area (Å²) >= 11 is 0. The van der Waals surface area contributed by atoms with Gasteiger partial charge in [0.05, 0.1) is 18.7 Å². The lowest BCUT2D eigenvalue weighted by molar-refractivity contribution is -0.0860. The van der Waals surface area contributed by atoms with Crippen molar-refractivity contribution in [3.05, 3.63) is 35.9 Å². The highest BCUT2D eigenvalue weighted by atomic mass is 16.3. The van der Waals surface area contributed by atoms with E-state index < -0.39 is 5.60 Å². The van der Waals surface area contributed by atoms with E-state index in [-0.39, 0.29) is 5.91 Å². The van der Waals surface area contributed by atoms with Crippen LogP contribution in [0.5, 0.6) is 0 Å². The Bertz CT molecular complexity index is 369. The number of β-amino-alcohol motifs (C(OH)–C–C–N with tert-alkyl or cyclic N) is 1. The predicted molar refractivity (Wildman–Crippen MR) is 62.2 cm³/mol. The van der Waals surface area contributed by atoms with Crippen LogP contribution in [0, 0.1) is 0 Å². The van der Waals surface area contributed by atoms with E-state index >= 15 is 0 Å². The van der Waals surface area contributed by atoms with Crippen LogP contribution in [0.15, 0.2) is 30.3 Å². The lowest BCUT2D eigenvalue weighted by atomic mass is 9.89. The second-order valence-electron chi connectivity index (χ2n) is 4.50. The molecule has 1 N–H and O–H groups in total. The highest BCUT2D eigenvalue weighted by Crippen LogP contribution is 2.27. The summed E-state index contributed by atoms with van der Waals surface area (Å²) < 4.78 is 0. The zero-order valence-corrected chi connectivity index (χ0v) is 9.52. The van der Waals surface area contributed by atoms with Crippen molar-refractivity contribution in [2.75, 3.05) is 13.1 Å². The zero-order valence-electron chi connectivity index (χ0n) is 9.52. The van der Waals surface area contributed by atoms with E-state index in [1.807, 2.05) is 25.1 Å². The molecular weight excluding hydrogens is 202 g/mol. The molecule has 1 aliphatic heterocycles. The van der Waals surface area contributed by atoms with Crippen molar-refractivity contribution < 1.29 is 9.90 Å². The second kappa shape index (κ2) is 4.26. The van der Waals surface area contributed by atoms with Crippen molar-refractivity contribution in [2.24, 2.45) is 0 Å². The Hall–Kier alpha value is -1.35. The minimum atomic E-state index is -0.640. The van der Waals surface area contributed by atoms with Crippen LogP contribution in [0.1, 0.15) is 30.1 Å². The van der Waals surface area contributed by atoms with Crippen molar-refractivity contribution in [1.29, 1.82) is 0 Å².